The van der Waals surface area contributed by atoms with Gasteiger partial charge in [-0.05, 0) is 33.0 Å². The van der Waals surface area contributed by atoms with Crippen LogP contribution in [-0.2, 0) is 4.74 Å². The van der Waals surface area contributed by atoms with E-state index in [9.17, 15) is 4.79 Å². The average molecular weight is 439 g/mol. The van der Waals surface area contributed by atoms with Crippen LogP contribution in [0, 0.1) is 0 Å². The fourth-order valence-corrected chi connectivity index (χ4v) is 4.33. The van der Waals surface area contributed by atoms with Crippen molar-refractivity contribution in [3.63, 3.8) is 0 Å². The van der Waals surface area contributed by atoms with Crippen LogP contribution in [0.5, 0.6) is 0 Å². The Morgan fingerprint density at radius 1 is 1.16 bits per heavy atom. The zero-order valence-corrected chi connectivity index (χ0v) is 19.2. The number of likely N-dealkylation sites (tertiary alicyclic amines) is 1. The SMILES string of the molecule is CN1CCC(N(C)c2nc(-c3ccccc3)ncc2C(=O)NCCN2CCOCC2)CC1. The Balaban J connectivity index is 1.52. The minimum atomic E-state index is -0.118. The topological polar surface area (TPSA) is 73.8 Å². The van der Waals surface area contributed by atoms with Gasteiger partial charge in [-0.2, -0.15) is 0 Å². The van der Waals surface area contributed by atoms with Gasteiger partial charge in [-0.15, -0.1) is 0 Å². The summed E-state index contributed by atoms with van der Waals surface area (Å²) in [5, 5.41) is 3.07. The van der Waals surface area contributed by atoms with Crippen LogP contribution >= 0.6 is 0 Å². The molecule has 1 aromatic heterocycles. The van der Waals surface area contributed by atoms with Gasteiger partial charge >= 0.3 is 0 Å². The first-order valence-corrected chi connectivity index (χ1v) is 11.5. The molecule has 8 heteroatoms. The molecule has 32 heavy (non-hydrogen) atoms. The Bertz CT molecular complexity index is 879. The lowest BCUT2D eigenvalue weighted by Crippen LogP contribution is -2.43. The molecule has 0 radical (unpaired) electrons. The predicted molar refractivity (Wildman–Crippen MR) is 126 cm³/mol. The molecule has 2 aliphatic heterocycles. The number of rotatable bonds is 7. The van der Waals surface area contributed by atoms with Gasteiger partial charge in [-0.3, -0.25) is 9.69 Å². The van der Waals surface area contributed by atoms with Gasteiger partial charge in [0.1, 0.15) is 11.4 Å². The summed E-state index contributed by atoms with van der Waals surface area (Å²) in [7, 11) is 4.21. The van der Waals surface area contributed by atoms with E-state index < -0.39 is 0 Å². The van der Waals surface area contributed by atoms with Gasteiger partial charge in [0, 0.05) is 51.0 Å². The first-order valence-electron chi connectivity index (χ1n) is 11.5. The zero-order valence-electron chi connectivity index (χ0n) is 19.2. The van der Waals surface area contributed by atoms with Gasteiger partial charge in [0.15, 0.2) is 5.82 Å². The molecule has 0 saturated carbocycles. The zero-order chi connectivity index (χ0) is 22.3. The van der Waals surface area contributed by atoms with E-state index in [0.29, 0.717) is 29.8 Å². The molecule has 172 valence electrons. The van der Waals surface area contributed by atoms with Crippen molar-refractivity contribution in [2.75, 3.05) is 71.5 Å². The lowest BCUT2D eigenvalue weighted by Gasteiger charge is -2.36. The molecular weight excluding hydrogens is 404 g/mol. The van der Waals surface area contributed by atoms with Crippen LogP contribution in [0.25, 0.3) is 11.4 Å². The summed E-state index contributed by atoms with van der Waals surface area (Å²) in [6.07, 6.45) is 3.78. The third-order valence-corrected chi connectivity index (χ3v) is 6.43. The highest BCUT2D eigenvalue weighted by atomic mass is 16.5. The molecule has 2 aliphatic rings. The Morgan fingerprint density at radius 2 is 1.88 bits per heavy atom. The second-order valence-electron chi connectivity index (χ2n) is 8.65. The molecule has 0 bridgehead atoms. The summed E-state index contributed by atoms with van der Waals surface area (Å²) >= 11 is 0. The number of carbonyl (C=O) groups is 1. The predicted octanol–water partition coefficient (Wildman–Crippen LogP) is 1.74. The smallest absolute Gasteiger partial charge is 0.256 e. The number of nitrogens with one attached hydrogen (secondary N) is 1. The van der Waals surface area contributed by atoms with Crippen LogP contribution in [0.2, 0.25) is 0 Å². The highest BCUT2D eigenvalue weighted by molar-refractivity contribution is 5.99. The molecule has 1 N–H and O–H groups in total. The maximum atomic E-state index is 13.1. The van der Waals surface area contributed by atoms with Crippen molar-refractivity contribution in [3.05, 3.63) is 42.1 Å². The van der Waals surface area contributed by atoms with Crippen molar-refractivity contribution in [1.29, 1.82) is 0 Å². The van der Waals surface area contributed by atoms with Gasteiger partial charge in [0.2, 0.25) is 0 Å². The number of ether oxygens (including phenoxy) is 1. The number of hydrogen-bond acceptors (Lipinski definition) is 7. The Labute approximate surface area is 190 Å². The van der Waals surface area contributed by atoms with Crippen LogP contribution in [0.15, 0.2) is 36.5 Å². The summed E-state index contributed by atoms with van der Waals surface area (Å²) in [6.45, 7) is 6.85. The molecule has 0 unspecified atom stereocenters. The molecule has 2 aromatic rings. The number of anilines is 1. The number of aromatic nitrogens is 2. The van der Waals surface area contributed by atoms with E-state index >= 15 is 0 Å². The summed E-state index contributed by atoms with van der Waals surface area (Å²) in [5.41, 5.74) is 1.48. The molecular formula is C24H34N6O2. The van der Waals surface area contributed by atoms with Gasteiger partial charge in [0.25, 0.3) is 5.91 Å². The monoisotopic (exact) mass is 438 g/mol. The second-order valence-corrected chi connectivity index (χ2v) is 8.65. The third-order valence-electron chi connectivity index (χ3n) is 6.43. The van der Waals surface area contributed by atoms with Crippen molar-refractivity contribution in [3.8, 4) is 11.4 Å². The number of carbonyl (C=O) groups excluding carboxylic acids is 1. The van der Waals surface area contributed by atoms with E-state index in [1.165, 1.54) is 0 Å². The van der Waals surface area contributed by atoms with E-state index in [2.05, 4.69) is 39.1 Å². The fourth-order valence-electron chi connectivity index (χ4n) is 4.33. The first-order chi connectivity index (χ1) is 15.6. The first kappa shape index (κ1) is 22.6. The summed E-state index contributed by atoms with van der Waals surface area (Å²) < 4.78 is 5.40. The van der Waals surface area contributed by atoms with Crippen molar-refractivity contribution >= 4 is 11.7 Å². The minimum absolute atomic E-state index is 0.118. The molecule has 3 heterocycles. The molecule has 2 saturated heterocycles. The Hall–Kier alpha value is -2.55. The van der Waals surface area contributed by atoms with Gasteiger partial charge in [0.05, 0.1) is 13.2 Å². The molecule has 1 aromatic carbocycles. The van der Waals surface area contributed by atoms with Gasteiger partial charge in [-0.25, -0.2) is 9.97 Å². The normalized spacial score (nSPS) is 18.4. The van der Waals surface area contributed by atoms with Crippen LogP contribution in [0.4, 0.5) is 5.82 Å². The number of nitrogens with zero attached hydrogens (tertiary/aromatic N) is 5. The van der Waals surface area contributed by atoms with Gasteiger partial charge < -0.3 is 19.9 Å². The largest absolute Gasteiger partial charge is 0.379 e. The molecule has 0 spiro atoms. The summed E-state index contributed by atoms with van der Waals surface area (Å²) in [6, 6.07) is 10.3. The fraction of sp³-hybridized carbons (Fsp3) is 0.542. The maximum absolute atomic E-state index is 13.1. The van der Waals surface area contributed by atoms with Gasteiger partial charge in [-0.1, -0.05) is 30.3 Å². The van der Waals surface area contributed by atoms with Crippen LogP contribution in [-0.4, -0.2) is 98.3 Å². The maximum Gasteiger partial charge on any atom is 0.256 e. The Morgan fingerprint density at radius 3 is 2.59 bits per heavy atom. The van der Waals surface area contributed by atoms with E-state index in [0.717, 1.165) is 64.3 Å². The lowest BCUT2D eigenvalue weighted by atomic mass is 10.0. The summed E-state index contributed by atoms with van der Waals surface area (Å²) in [5.74, 6) is 1.23. The number of amides is 1. The highest BCUT2D eigenvalue weighted by Gasteiger charge is 2.26. The standard InChI is InChI=1S/C24H34N6O2/c1-28-11-8-20(9-12-28)29(2)23-21(18-26-22(27-23)19-6-4-3-5-7-19)24(31)25-10-13-30-14-16-32-17-15-30/h3-7,18,20H,8-17H2,1-2H3,(H,25,31). The summed E-state index contributed by atoms with van der Waals surface area (Å²) in [4.78, 5) is 29.4. The van der Waals surface area contributed by atoms with Crippen LogP contribution in [0.3, 0.4) is 0 Å². The number of piperidine rings is 1. The number of benzene rings is 1. The second kappa shape index (κ2) is 10.8. The van der Waals surface area contributed by atoms with Crippen molar-refractivity contribution < 1.29 is 9.53 Å². The number of hydrogen-bond donors (Lipinski definition) is 1. The van der Waals surface area contributed by atoms with Crippen molar-refractivity contribution in [2.45, 2.75) is 18.9 Å². The van der Waals surface area contributed by atoms with Crippen molar-refractivity contribution in [1.82, 2.24) is 25.1 Å². The molecule has 0 aliphatic carbocycles. The Kier molecular flexibility index (Phi) is 7.68. The van der Waals surface area contributed by atoms with E-state index in [4.69, 9.17) is 9.72 Å². The van der Waals surface area contributed by atoms with E-state index in [1.54, 1.807) is 6.20 Å². The van der Waals surface area contributed by atoms with E-state index in [-0.39, 0.29) is 5.91 Å². The van der Waals surface area contributed by atoms with E-state index in [1.807, 2.05) is 30.3 Å². The molecule has 4 rings (SSSR count). The van der Waals surface area contributed by atoms with Crippen LogP contribution < -0.4 is 10.2 Å². The third kappa shape index (κ3) is 5.62. The molecule has 2 fully saturated rings. The minimum Gasteiger partial charge on any atom is -0.379 e. The van der Waals surface area contributed by atoms with Crippen molar-refractivity contribution in [2.24, 2.45) is 0 Å². The molecule has 8 nitrogen and oxygen atoms in total. The molecule has 0 atom stereocenters. The quantitative estimate of drug-likeness (QED) is 0.706. The van der Waals surface area contributed by atoms with Crippen LogP contribution in [0.1, 0.15) is 23.2 Å². The molecule has 1 amide bonds. The average Bonchev–Trinajstić information content (AvgIpc) is 2.85. The highest BCUT2D eigenvalue weighted by Crippen LogP contribution is 2.26. The number of morpholine rings is 1. The lowest BCUT2D eigenvalue weighted by molar-refractivity contribution is 0.0383.